The number of hydrogen-bond acceptors (Lipinski definition) is 6. The second kappa shape index (κ2) is 16.1. The van der Waals surface area contributed by atoms with Crippen LogP contribution < -0.4 is 16.0 Å². The molecule has 2 aromatic carbocycles. The molecule has 0 radical (unpaired) electrons. The van der Waals surface area contributed by atoms with Gasteiger partial charge in [0, 0.05) is 54.7 Å². The van der Waals surface area contributed by atoms with Gasteiger partial charge in [-0.05, 0) is 83.9 Å². The van der Waals surface area contributed by atoms with E-state index < -0.39 is 0 Å². The summed E-state index contributed by atoms with van der Waals surface area (Å²) >= 11 is 0. The van der Waals surface area contributed by atoms with Crippen LogP contribution in [0.2, 0.25) is 0 Å². The van der Waals surface area contributed by atoms with Crippen molar-refractivity contribution in [2.24, 2.45) is 0 Å². The first kappa shape index (κ1) is 34.3. The zero-order valence-corrected chi connectivity index (χ0v) is 28.4. The van der Waals surface area contributed by atoms with Crippen molar-refractivity contribution in [2.45, 2.75) is 88.7 Å². The largest absolute Gasteiger partial charge is 0.355 e. The summed E-state index contributed by atoms with van der Waals surface area (Å²) < 4.78 is 0. The molecule has 1 aliphatic carbocycles. The number of benzene rings is 2. The molecule has 0 aromatic heterocycles. The molecule has 8 heteroatoms. The lowest BCUT2D eigenvalue weighted by Gasteiger charge is -2.42. The first-order chi connectivity index (χ1) is 21.0. The Bertz CT molecular complexity index is 1310. The third-order valence-electron chi connectivity index (χ3n) is 8.86. The van der Waals surface area contributed by atoms with Crippen molar-refractivity contribution >= 4 is 45.3 Å². The van der Waals surface area contributed by atoms with Gasteiger partial charge in [0.2, 0.25) is 5.91 Å². The van der Waals surface area contributed by atoms with E-state index in [-0.39, 0.29) is 28.4 Å². The highest BCUT2D eigenvalue weighted by atomic mass is 33.1. The van der Waals surface area contributed by atoms with Crippen LogP contribution in [0.4, 0.5) is 0 Å². The van der Waals surface area contributed by atoms with Gasteiger partial charge in [0.25, 0.3) is 5.91 Å². The van der Waals surface area contributed by atoms with Crippen LogP contribution >= 0.6 is 21.6 Å². The summed E-state index contributed by atoms with van der Waals surface area (Å²) in [5.74, 6) is 1.22. The highest BCUT2D eigenvalue weighted by molar-refractivity contribution is 8.77. The van der Waals surface area contributed by atoms with E-state index in [1.807, 2.05) is 39.8 Å². The summed E-state index contributed by atoms with van der Waals surface area (Å²) in [7, 11) is 3.97. The summed E-state index contributed by atoms with van der Waals surface area (Å²) in [6.45, 7) is 11.5. The molecular formula is C36H49N3O3S2. The Kier molecular flexibility index (Phi) is 12.6. The lowest BCUT2D eigenvalue weighted by molar-refractivity contribution is -0.121. The Hall–Kier alpha value is -2.55. The summed E-state index contributed by atoms with van der Waals surface area (Å²) in [6, 6.07) is 13.4. The third kappa shape index (κ3) is 9.98. The maximum absolute atomic E-state index is 13.0. The summed E-state index contributed by atoms with van der Waals surface area (Å²) in [4.78, 5) is 37.6. The van der Waals surface area contributed by atoms with E-state index in [1.165, 1.54) is 29.7 Å². The Morgan fingerprint density at radius 3 is 2.23 bits per heavy atom. The molecule has 1 heterocycles. The summed E-state index contributed by atoms with van der Waals surface area (Å²) in [5.41, 5.74) is 4.95. The number of nitrogens with one attached hydrogen (secondary N) is 3. The molecule has 238 valence electrons. The van der Waals surface area contributed by atoms with Crippen LogP contribution in [0.1, 0.15) is 110 Å². The number of fused-ring (bicyclic) bond motifs is 1. The van der Waals surface area contributed by atoms with Crippen LogP contribution in [0.25, 0.3) is 6.08 Å². The molecule has 0 spiro atoms. The molecule has 2 aromatic rings. The van der Waals surface area contributed by atoms with Crippen molar-refractivity contribution < 1.29 is 14.4 Å². The minimum absolute atomic E-state index is 0.0195. The topological polar surface area (TPSA) is 87.3 Å². The van der Waals surface area contributed by atoms with E-state index in [9.17, 15) is 14.4 Å². The number of carbonyl (C=O) groups is 3. The smallest absolute Gasteiger partial charge is 0.251 e. The molecule has 0 saturated carbocycles. The van der Waals surface area contributed by atoms with Gasteiger partial charge in [0.15, 0.2) is 5.78 Å². The number of ketones is 1. The van der Waals surface area contributed by atoms with Crippen LogP contribution in [-0.4, -0.2) is 54.8 Å². The SMILES string of the molecule is CC1(C)CCC(C)(C)c2cc(C(=O)C=Cc3ccc(C(=O)NCCNCCNC(=O)CCCCC4CCSS4)cc3)ccc21. The van der Waals surface area contributed by atoms with Crippen molar-refractivity contribution in [2.75, 3.05) is 31.9 Å². The Morgan fingerprint density at radius 1 is 0.841 bits per heavy atom. The van der Waals surface area contributed by atoms with Crippen LogP contribution in [0.15, 0.2) is 48.5 Å². The lowest BCUT2D eigenvalue weighted by Crippen LogP contribution is -2.36. The van der Waals surface area contributed by atoms with Crippen molar-refractivity contribution in [3.05, 3.63) is 76.4 Å². The zero-order chi connectivity index (χ0) is 31.6. The molecule has 44 heavy (non-hydrogen) atoms. The average Bonchev–Trinajstić information content (AvgIpc) is 3.53. The van der Waals surface area contributed by atoms with Crippen molar-refractivity contribution in [1.29, 1.82) is 0 Å². The number of carbonyl (C=O) groups excluding carboxylic acids is 3. The fraction of sp³-hybridized carbons (Fsp3) is 0.528. The van der Waals surface area contributed by atoms with E-state index in [0.29, 0.717) is 43.7 Å². The molecule has 2 amide bonds. The molecule has 4 rings (SSSR count). The predicted molar refractivity (Wildman–Crippen MR) is 187 cm³/mol. The minimum Gasteiger partial charge on any atom is -0.355 e. The fourth-order valence-electron chi connectivity index (χ4n) is 5.85. The molecule has 1 atom stereocenters. The monoisotopic (exact) mass is 635 g/mol. The summed E-state index contributed by atoms with van der Waals surface area (Å²) in [6.07, 6.45) is 10.9. The van der Waals surface area contributed by atoms with Crippen LogP contribution in [0.3, 0.4) is 0 Å². The van der Waals surface area contributed by atoms with Gasteiger partial charge < -0.3 is 16.0 Å². The molecule has 3 N–H and O–H groups in total. The Balaban J connectivity index is 1.12. The van der Waals surface area contributed by atoms with E-state index in [1.54, 1.807) is 24.3 Å². The number of hydrogen-bond donors (Lipinski definition) is 3. The van der Waals surface area contributed by atoms with E-state index in [2.05, 4.69) is 55.8 Å². The molecule has 1 saturated heterocycles. The van der Waals surface area contributed by atoms with Gasteiger partial charge >= 0.3 is 0 Å². The second-order valence-electron chi connectivity index (χ2n) is 13.3. The number of unbranched alkanes of at least 4 members (excludes halogenated alkanes) is 1. The molecule has 1 fully saturated rings. The van der Waals surface area contributed by atoms with Gasteiger partial charge in [-0.2, -0.15) is 0 Å². The standard InChI is InChI=1S/C36H49N3O3S2/c1-35(2)18-19-36(3,4)31-25-28(14-15-30(31)35)32(40)16-11-26-9-12-27(13-10-26)34(42)39-23-21-37-20-22-38-33(41)8-6-5-7-29-17-24-43-44-29/h9-16,25,29,37H,5-8,17-24H2,1-4H3,(H,38,41)(H,39,42). The second-order valence-corrected chi connectivity index (χ2v) is 16.1. The molecule has 6 nitrogen and oxygen atoms in total. The predicted octanol–water partition coefficient (Wildman–Crippen LogP) is 7.08. The van der Waals surface area contributed by atoms with Crippen LogP contribution in [0, 0.1) is 0 Å². The fourth-order valence-corrected chi connectivity index (χ4v) is 8.88. The molecule has 2 aliphatic rings. The van der Waals surface area contributed by atoms with Gasteiger partial charge in [-0.25, -0.2) is 0 Å². The zero-order valence-electron chi connectivity index (χ0n) is 26.8. The third-order valence-corrected chi connectivity index (χ3v) is 11.9. The number of rotatable bonds is 15. The Labute approximate surface area is 271 Å². The first-order valence-electron chi connectivity index (χ1n) is 16.1. The van der Waals surface area contributed by atoms with E-state index in [4.69, 9.17) is 0 Å². The van der Waals surface area contributed by atoms with Crippen molar-refractivity contribution in [1.82, 2.24) is 16.0 Å². The quantitative estimate of drug-likeness (QED) is 0.0839. The molecular weight excluding hydrogens is 587 g/mol. The van der Waals surface area contributed by atoms with Gasteiger partial charge in [-0.3, -0.25) is 14.4 Å². The van der Waals surface area contributed by atoms with Gasteiger partial charge in [-0.1, -0.05) is 86.0 Å². The lowest BCUT2D eigenvalue weighted by atomic mass is 9.63. The van der Waals surface area contributed by atoms with Crippen molar-refractivity contribution in [3.8, 4) is 0 Å². The van der Waals surface area contributed by atoms with E-state index in [0.717, 1.165) is 36.5 Å². The highest BCUT2D eigenvalue weighted by Crippen LogP contribution is 2.46. The number of amides is 2. The minimum atomic E-state index is -0.138. The maximum Gasteiger partial charge on any atom is 0.251 e. The van der Waals surface area contributed by atoms with Crippen molar-refractivity contribution in [3.63, 3.8) is 0 Å². The highest BCUT2D eigenvalue weighted by Gasteiger charge is 2.37. The van der Waals surface area contributed by atoms with E-state index >= 15 is 0 Å². The average molecular weight is 636 g/mol. The number of allylic oxidation sites excluding steroid dienone is 1. The molecule has 1 unspecified atom stereocenters. The van der Waals surface area contributed by atoms with Crippen LogP contribution in [0.5, 0.6) is 0 Å². The normalized spacial score (nSPS) is 18.6. The Morgan fingerprint density at radius 2 is 1.52 bits per heavy atom. The van der Waals surface area contributed by atoms with Gasteiger partial charge in [-0.15, -0.1) is 0 Å². The van der Waals surface area contributed by atoms with Gasteiger partial charge in [0.05, 0.1) is 0 Å². The first-order valence-corrected chi connectivity index (χ1v) is 18.4. The molecule has 1 aliphatic heterocycles. The van der Waals surface area contributed by atoms with Gasteiger partial charge in [0.1, 0.15) is 0 Å². The van der Waals surface area contributed by atoms with Crippen LogP contribution in [-0.2, 0) is 15.6 Å². The molecule has 0 bridgehead atoms. The maximum atomic E-state index is 13.0. The summed E-state index contributed by atoms with van der Waals surface area (Å²) in [5, 5.41) is 9.91.